The fourth-order valence-corrected chi connectivity index (χ4v) is 2.04. The average molecular weight is 314 g/mol. The second kappa shape index (κ2) is 6.31. The van der Waals surface area contributed by atoms with Crippen molar-refractivity contribution in [3.63, 3.8) is 0 Å². The molecular weight excluding hydrogens is 301 g/mol. The van der Waals surface area contributed by atoms with Crippen molar-refractivity contribution in [2.75, 3.05) is 7.11 Å². The van der Waals surface area contributed by atoms with Crippen LogP contribution in [-0.2, 0) is 16.0 Å². The first-order valence-corrected chi connectivity index (χ1v) is 6.64. The summed E-state index contributed by atoms with van der Waals surface area (Å²) in [6.45, 7) is 0. The summed E-state index contributed by atoms with van der Waals surface area (Å²) in [6.07, 6.45) is 0.272. The summed E-state index contributed by atoms with van der Waals surface area (Å²) >= 11 is 11.8. The van der Waals surface area contributed by atoms with E-state index in [0.29, 0.717) is 21.6 Å². The van der Waals surface area contributed by atoms with Gasteiger partial charge in [0.25, 0.3) is 0 Å². The standard InChI is InChI=1S/C14H13Cl2NO3/c1-19-14(18)12(17)7-9-3-5-13(20-9)8-2-4-10(15)11(16)6-8/h2-6,12H,7,17H2,1H3. The Bertz CT molecular complexity index is 625. The predicted octanol–water partition coefficient (Wildman–Crippen LogP) is 3.30. The van der Waals surface area contributed by atoms with Crippen LogP contribution >= 0.6 is 23.2 Å². The molecule has 0 radical (unpaired) electrons. The SMILES string of the molecule is COC(=O)C(N)Cc1ccc(-c2ccc(Cl)c(Cl)c2)o1. The van der Waals surface area contributed by atoms with Gasteiger partial charge >= 0.3 is 5.97 Å². The lowest BCUT2D eigenvalue weighted by Crippen LogP contribution is -2.33. The summed E-state index contributed by atoms with van der Waals surface area (Å²) < 4.78 is 10.2. The van der Waals surface area contributed by atoms with Gasteiger partial charge in [-0.3, -0.25) is 4.79 Å². The van der Waals surface area contributed by atoms with Gasteiger partial charge in [0.15, 0.2) is 0 Å². The lowest BCUT2D eigenvalue weighted by molar-refractivity contribution is -0.142. The van der Waals surface area contributed by atoms with Gasteiger partial charge in [-0.25, -0.2) is 0 Å². The first-order valence-electron chi connectivity index (χ1n) is 5.89. The molecule has 4 nitrogen and oxygen atoms in total. The van der Waals surface area contributed by atoms with Gasteiger partial charge in [-0.05, 0) is 30.3 Å². The van der Waals surface area contributed by atoms with E-state index in [1.165, 1.54) is 7.11 Å². The van der Waals surface area contributed by atoms with Crippen LogP contribution < -0.4 is 5.73 Å². The molecule has 0 saturated heterocycles. The number of hydrogen-bond acceptors (Lipinski definition) is 4. The van der Waals surface area contributed by atoms with Gasteiger partial charge in [0.2, 0.25) is 0 Å². The maximum Gasteiger partial charge on any atom is 0.323 e. The Balaban J connectivity index is 2.16. The number of furan rings is 1. The molecule has 0 bridgehead atoms. The molecule has 0 aliphatic heterocycles. The van der Waals surface area contributed by atoms with Crippen LogP contribution in [-0.4, -0.2) is 19.1 Å². The van der Waals surface area contributed by atoms with Crippen molar-refractivity contribution in [2.24, 2.45) is 5.73 Å². The molecule has 1 aromatic heterocycles. The minimum absolute atomic E-state index is 0.272. The summed E-state index contributed by atoms with van der Waals surface area (Å²) in [5.41, 5.74) is 6.48. The van der Waals surface area contributed by atoms with Crippen molar-refractivity contribution in [3.8, 4) is 11.3 Å². The highest BCUT2D eigenvalue weighted by Gasteiger charge is 2.16. The maximum absolute atomic E-state index is 11.3. The number of nitrogens with two attached hydrogens (primary N) is 1. The van der Waals surface area contributed by atoms with Gasteiger partial charge in [0.1, 0.15) is 17.6 Å². The van der Waals surface area contributed by atoms with Gasteiger partial charge in [0, 0.05) is 12.0 Å². The van der Waals surface area contributed by atoms with Crippen molar-refractivity contribution in [1.82, 2.24) is 0 Å². The van der Waals surface area contributed by atoms with E-state index in [-0.39, 0.29) is 6.42 Å². The third kappa shape index (κ3) is 3.33. The van der Waals surface area contributed by atoms with E-state index in [1.807, 2.05) is 0 Å². The van der Waals surface area contributed by atoms with Crippen LogP contribution in [0.15, 0.2) is 34.7 Å². The molecule has 2 N–H and O–H groups in total. The number of ether oxygens (including phenoxy) is 1. The Hall–Kier alpha value is -1.49. The number of methoxy groups -OCH3 is 1. The van der Waals surface area contributed by atoms with Crippen LogP contribution in [0.25, 0.3) is 11.3 Å². The summed E-state index contributed by atoms with van der Waals surface area (Å²) in [7, 11) is 1.30. The molecule has 0 aliphatic carbocycles. The van der Waals surface area contributed by atoms with E-state index >= 15 is 0 Å². The lowest BCUT2D eigenvalue weighted by Gasteiger charge is -2.06. The maximum atomic E-state index is 11.3. The van der Waals surface area contributed by atoms with E-state index in [9.17, 15) is 4.79 Å². The topological polar surface area (TPSA) is 65.5 Å². The fraction of sp³-hybridized carbons (Fsp3) is 0.214. The summed E-state index contributed by atoms with van der Waals surface area (Å²) in [4.78, 5) is 11.3. The van der Waals surface area contributed by atoms with Crippen LogP contribution in [0.5, 0.6) is 0 Å². The smallest absolute Gasteiger partial charge is 0.323 e. The molecule has 0 fully saturated rings. The molecule has 0 amide bonds. The first-order chi connectivity index (χ1) is 9.51. The number of esters is 1. The highest BCUT2D eigenvalue weighted by Crippen LogP contribution is 2.29. The van der Waals surface area contributed by atoms with Crippen molar-refractivity contribution in [3.05, 3.63) is 46.1 Å². The minimum atomic E-state index is -0.743. The number of halogens is 2. The number of carbonyl (C=O) groups excluding carboxylic acids is 1. The quantitative estimate of drug-likeness (QED) is 0.880. The van der Waals surface area contributed by atoms with Gasteiger partial charge in [-0.1, -0.05) is 23.2 Å². The number of rotatable bonds is 4. The molecular formula is C14H13Cl2NO3. The first kappa shape index (κ1) is 14.9. The minimum Gasteiger partial charge on any atom is -0.468 e. The molecule has 1 heterocycles. The molecule has 2 rings (SSSR count). The second-order valence-corrected chi connectivity index (χ2v) is 5.04. The highest BCUT2D eigenvalue weighted by atomic mass is 35.5. The Morgan fingerprint density at radius 1 is 1.30 bits per heavy atom. The molecule has 1 atom stereocenters. The molecule has 2 aromatic rings. The zero-order valence-electron chi connectivity index (χ0n) is 10.7. The number of carbonyl (C=O) groups is 1. The summed E-state index contributed by atoms with van der Waals surface area (Å²) in [5, 5.41) is 0.934. The summed E-state index contributed by atoms with van der Waals surface area (Å²) in [5.74, 6) is 0.761. The van der Waals surface area contributed by atoms with Gasteiger partial charge in [-0.2, -0.15) is 0 Å². The largest absolute Gasteiger partial charge is 0.468 e. The van der Waals surface area contributed by atoms with E-state index in [2.05, 4.69) is 4.74 Å². The normalized spacial score (nSPS) is 12.2. The van der Waals surface area contributed by atoms with Crippen LogP contribution in [0.4, 0.5) is 0 Å². The van der Waals surface area contributed by atoms with E-state index in [4.69, 9.17) is 33.4 Å². The third-order valence-corrected chi connectivity index (χ3v) is 3.53. The zero-order chi connectivity index (χ0) is 14.7. The zero-order valence-corrected chi connectivity index (χ0v) is 12.2. The van der Waals surface area contributed by atoms with Crippen LogP contribution in [0, 0.1) is 0 Å². The van der Waals surface area contributed by atoms with E-state index in [1.54, 1.807) is 30.3 Å². The van der Waals surface area contributed by atoms with Crippen molar-refractivity contribution >= 4 is 29.2 Å². The molecule has 0 saturated carbocycles. The van der Waals surface area contributed by atoms with Crippen LogP contribution in [0.1, 0.15) is 5.76 Å². The molecule has 0 spiro atoms. The fourth-order valence-electron chi connectivity index (χ4n) is 1.74. The molecule has 1 aromatic carbocycles. The molecule has 6 heteroatoms. The molecule has 20 heavy (non-hydrogen) atoms. The Morgan fingerprint density at radius 3 is 2.70 bits per heavy atom. The Kier molecular flexibility index (Phi) is 4.70. The molecule has 106 valence electrons. The highest BCUT2D eigenvalue weighted by molar-refractivity contribution is 6.42. The van der Waals surface area contributed by atoms with Crippen molar-refractivity contribution in [1.29, 1.82) is 0 Å². The van der Waals surface area contributed by atoms with E-state index < -0.39 is 12.0 Å². The molecule has 1 unspecified atom stereocenters. The average Bonchev–Trinajstić information content (AvgIpc) is 2.89. The Labute approximate surface area is 126 Å². The molecule has 0 aliphatic rings. The van der Waals surface area contributed by atoms with Gasteiger partial charge in [-0.15, -0.1) is 0 Å². The van der Waals surface area contributed by atoms with Gasteiger partial charge in [0.05, 0.1) is 17.2 Å². The van der Waals surface area contributed by atoms with Crippen LogP contribution in [0.3, 0.4) is 0 Å². The van der Waals surface area contributed by atoms with Crippen molar-refractivity contribution < 1.29 is 13.9 Å². The van der Waals surface area contributed by atoms with E-state index in [0.717, 1.165) is 5.56 Å². The Morgan fingerprint density at radius 2 is 2.05 bits per heavy atom. The van der Waals surface area contributed by atoms with Gasteiger partial charge < -0.3 is 14.9 Å². The lowest BCUT2D eigenvalue weighted by atomic mass is 10.2. The number of benzene rings is 1. The van der Waals surface area contributed by atoms with Crippen molar-refractivity contribution in [2.45, 2.75) is 12.5 Å². The second-order valence-electron chi connectivity index (χ2n) is 4.23. The summed E-state index contributed by atoms with van der Waals surface area (Å²) in [6, 6.07) is 8.03. The van der Waals surface area contributed by atoms with Crippen LogP contribution in [0.2, 0.25) is 10.0 Å². The third-order valence-electron chi connectivity index (χ3n) is 2.79. The predicted molar refractivity (Wildman–Crippen MR) is 77.9 cm³/mol. The number of hydrogen-bond donors (Lipinski definition) is 1. The monoisotopic (exact) mass is 313 g/mol.